The van der Waals surface area contributed by atoms with Gasteiger partial charge in [0, 0.05) is 36.5 Å². The maximum atomic E-state index is 13.8. The van der Waals surface area contributed by atoms with Gasteiger partial charge >= 0.3 is 0 Å². The van der Waals surface area contributed by atoms with Crippen molar-refractivity contribution in [3.8, 4) is 0 Å². The number of pyridine rings is 1. The Kier molecular flexibility index (Phi) is 5.78. The number of nitrogens with zero attached hydrogens (tertiary/aromatic N) is 3. The molecule has 0 unspecified atom stereocenters. The number of carbonyl (C=O) groups is 1. The molecule has 0 spiro atoms. The van der Waals surface area contributed by atoms with E-state index in [1.807, 2.05) is 12.1 Å². The predicted octanol–water partition coefficient (Wildman–Crippen LogP) is 4.24. The number of aliphatic hydroxyl groups is 1. The number of carbonyl (C=O) groups excluding carboxylic acids is 1. The summed E-state index contributed by atoms with van der Waals surface area (Å²) in [6.07, 6.45) is 9.03. The van der Waals surface area contributed by atoms with Crippen LogP contribution in [0.4, 0.5) is 14.5 Å². The minimum atomic E-state index is -0.579. The van der Waals surface area contributed by atoms with Crippen LogP contribution < -0.4 is 10.2 Å². The third-order valence-electron chi connectivity index (χ3n) is 7.23. The van der Waals surface area contributed by atoms with Crippen LogP contribution in [0.2, 0.25) is 0 Å². The summed E-state index contributed by atoms with van der Waals surface area (Å²) in [5, 5.41) is 17.1. The zero-order valence-electron chi connectivity index (χ0n) is 18.4. The molecule has 174 valence electrons. The summed E-state index contributed by atoms with van der Waals surface area (Å²) < 4.78 is 29.3. The van der Waals surface area contributed by atoms with Crippen molar-refractivity contribution in [2.24, 2.45) is 5.41 Å². The number of benzene rings is 1. The Morgan fingerprint density at radius 2 is 1.91 bits per heavy atom. The van der Waals surface area contributed by atoms with Gasteiger partial charge in [-0.25, -0.2) is 13.3 Å². The van der Waals surface area contributed by atoms with E-state index < -0.39 is 11.6 Å². The number of hydrogen-bond acceptors (Lipinski definition) is 4. The van der Waals surface area contributed by atoms with E-state index in [4.69, 9.17) is 0 Å². The van der Waals surface area contributed by atoms with E-state index in [0.29, 0.717) is 23.2 Å². The summed E-state index contributed by atoms with van der Waals surface area (Å²) in [7, 11) is 0. The molecule has 2 fully saturated rings. The lowest BCUT2D eigenvalue weighted by Gasteiger charge is -2.27. The molecule has 1 saturated carbocycles. The van der Waals surface area contributed by atoms with Crippen LogP contribution in [0.25, 0.3) is 5.52 Å². The molecule has 3 aromatic rings. The van der Waals surface area contributed by atoms with E-state index in [0.717, 1.165) is 56.8 Å². The fourth-order valence-electron chi connectivity index (χ4n) is 5.39. The van der Waals surface area contributed by atoms with E-state index in [-0.39, 0.29) is 24.0 Å². The average Bonchev–Trinajstić information content (AvgIpc) is 3.56. The number of anilines is 1. The van der Waals surface area contributed by atoms with Gasteiger partial charge in [0.2, 0.25) is 0 Å². The zero-order chi connectivity index (χ0) is 23.0. The SMILES string of the molecule is O=C(NCC1(CO)CCCC1)c1cnn2ccc(N3CCC[C@@H]3c3cc(F)cc(F)c3)cc12. The largest absolute Gasteiger partial charge is 0.396 e. The first-order chi connectivity index (χ1) is 16.0. The molecule has 1 atom stereocenters. The molecular weight excluding hydrogens is 426 g/mol. The van der Waals surface area contributed by atoms with Crippen molar-refractivity contribution >= 4 is 17.1 Å². The second kappa shape index (κ2) is 8.74. The van der Waals surface area contributed by atoms with Crippen LogP contribution in [0, 0.1) is 17.0 Å². The van der Waals surface area contributed by atoms with Gasteiger partial charge in [0.25, 0.3) is 5.91 Å². The average molecular weight is 455 g/mol. The topological polar surface area (TPSA) is 69.9 Å². The number of aliphatic hydroxyl groups excluding tert-OH is 1. The van der Waals surface area contributed by atoms with Gasteiger partial charge in [-0.1, -0.05) is 12.8 Å². The van der Waals surface area contributed by atoms with E-state index in [1.54, 1.807) is 16.9 Å². The number of amides is 1. The van der Waals surface area contributed by atoms with Crippen LogP contribution in [0.1, 0.15) is 60.5 Å². The van der Waals surface area contributed by atoms with E-state index in [9.17, 15) is 18.7 Å². The molecule has 1 aliphatic heterocycles. The quantitative estimate of drug-likeness (QED) is 0.585. The Morgan fingerprint density at radius 3 is 2.64 bits per heavy atom. The molecule has 0 bridgehead atoms. The number of rotatable bonds is 6. The van der Waals surface area contributed by atoms with E-state index in [2.05, 4.69) is 15.3 Å². The van der Waals surface area contributed by atoms with Crippen molar-refractivity contribution in [3.05, 3.63) is 65.5 Å². The van der Waals surface area contributed by atoms with Crippen molar-refractivity contribution < 1.29 is 18.7 Å². The number of nitrogens with one attached hydrogen (secondary N) is 1. The van der Waals surface area contributed by atoms with Crippen molar-refractivity contribution in [1.82, 2.24) is 14.9 Å². The lowest BCUT2D eigenvalue weighted by molar-refractivity contribution is 0.0882. The Hall–Kier alpha value is -3.00. The summed E-state index contributed by atoms with van der Waals surface area (Å²) in [6, 6.07) is 7.36. The van der Waals surface area contributed by atoms with Crippen molar-refractivity contribution in [2.75, 3.05) is 24.6 Å². The van der Waals surface area contributed by atoms with Crippen molar-refractivity contribution in [1.29, 1.82) is 0 Å². The Labute approximate surface area is 191 Å². The molecule has 2 aromatic heterocycles. The van der Waals surface area contributed by atoms with Crippen molar-refractivity contribution in [3.63, 3.8) is 0 Å². The van der Waals surface area contributed by atoms with Crippen LogP contribution in [0.15, 0.2) is 42.7 Å². The van der Waals surface area contributed by atoms with Gasteiger partial charge in [0.1, 0.15) is 11.6 Å². The lowest BCUT2D eigenvalue weighted by Crippen LogP contribution is -2.38. The first kappa shape index (κ1) is 21.8. The highest BCUT2D eigenvalue weighted by Crippen LogP contribution is 2.38. The van der Waals surface area contributed by atoms with Gasteiger partial charge in [0.15, 0.2) is 0 Å². The second-order valence-corrected chi connectivity index (χ2v) is 9.38. The normalized spacial score (nSPS) is 20.0. The highest BCUT2D eigenvalue weighted by molar-refractivity contribution is 6.01. The van der Waals surface area contributed by atoms with Gasteiger partial charge < -0.3 is 15.3 Å². The van der Waals surface area contributed by atoms with Gasteiger partial charge in [-0.05, 0) is 55.5 Å². The first-order valence-corrected chi connectivity index (χ1v) is 11.6. The molecule has 3 heterocycles. The van der Waals surface area contributed by atoms with Gasteiger partial charge in [-0.3, -0.25) is 4.79 Å². The summed E-state index contributed by atoms with van der Waals surface area (Å²) in [5.41, 5.74) is 2.40. The molecule has 1 saturated heterocycles. The highest BCUT2D eigenvalue weighted by Gasteiger charge is 2.34. The molecule has 0 radical (unpaired) electrons. The molecule has 2 N–H and O–H groups in total. The van der Waals surface area contributed by atoms with Gasteiger partial charge in [0.05, 0.1) is 29.9 Å². The minimum absolute atomic E-state index is 0.0726. The standard InChI is InChI=1S/C25H28F2N4O2/c26-18-10-17(11-19(27)12-18)22-4-3-8-30(22)20-5-9-31-23(13-20)21(14-29-31)24(33)28-15-25(16-32)6-1-2-7-25/h5,9-14,22,32H,1-4,6-8,15-16H2,(H,28,33)/t22-/m1/s1. The Morgan fingerprint density at radius 1 is 1.15 bits per heavy atom. The van der Waals surface area contributed by atoms with Crippen LogP contribution in [0.5, 0.6) is 0 Å². The molecule has 8 heteroatoms. The van der Waals surface area contributed by atoms with Gasteiger partial charge in [-0.15, -0.1) is 0 Å². The Bertz CT molecular complexity index is 1150. The first-order valence-electron chi connectivity index (χ1n) is 11.6. The summed E-state index contributed by atoms with van der Waals surface area (Å²) in [6.45, 7) is 1.27. The molecule has 2 aliphatic rings. The van der Waals surface area contributed by atoms with E-state index >= 15 is 0 Å². The fraction of sp³-hybridized carbons (Fsp3) is 0.440. The second-order valence-electron chi connectivity index (χ2n) is 9.38. The number of hydrogen-bond donors (Lipinski definition) is 2. The number of halogens is 2. The molecule has 1 amide bonds. The summed E-state index contributed by atoms with van der Waals surface area (Å²) >= 11 is 0. The van der Waals surface area contributed by atoms with Gasteiger partial charge in [-0.2, -0.15) is 5.10 Å². The smallest absolute Gasteiger partial charge is 0.255 e. The molecule has 33 heavy (non-hydrogen) atoms. The molecule has 1 aliphatic carbocycles. The molecule has 6 nitrogen and oxygen atoms in total. The maximum absolute atomic E-state index is 13.8. The molecule has 1 aromatic carbocycles. The summed E-state index contributed by atoms with van der Waals surface area (Å²) in [5.74, 6) is -1.37. The predicted molar refractivity (Wildman–Crippen MR) is 121 cm³/mol. The zero-order valence-corrected chi connectivity index (χ0v) is 18.4. The third-order valence-corrected chi connectivity index (χ3v) is 7.23. The minimum Gasteiger partial charge on any atom is -0.396 e. The third kappa shape index (κ3) is 4.19. The molecule has 5 rings (SSSR count). The maximum Gasteiger partial charge on any atom is 0.255 e. The Balaban J connectivity index is 1.40. The van der Waals surface area contributed by atoms with Crippen LogP contribution in [-0.4, -0.2) is 40.3 Å². The number of aromatic nitrogens is 2. The highest BCUT2D eigenvalue weighted by atomic mass is 19.1. The molecular formula is C25H28F2N4O2. The monoisotopic (exact) mass is 454 g/mol. The van der Waals surface area contributed by atoms with Crippen LogP contribution in [-0.2, 0) is 0 Å². The lowest BCUT2D eigenvalue weighted by atomic mass is 9.87. The van der Waals surface area contributed by atoms with E-state index in [1.165, 1.54) is 12.1 Å². The van der Waals surface area contributed by atoms with Crippen LogP contribution >= 0.6 is 0 Å². The number of fused-ring (bicyclic) bond motifs is 1. The fourth-order valence-corrected chi connectivity index (χ4v) is 5.39. The summed E-state index contributed by atoms with van der Waals surface area (Å²) in [4.78, 5) is 15.1. The van der Waals surface area contributed by atoms with Crippen molar-refractivity contribution in [2.45, 2.75) is 44.6 Å². The van der Waals surface area contributed by atoms with Crippen LogP contribution in [0.3, 0.4) is 0 Å².